The van der Waals surface area contributed by atoms with Crippen molar-refractivity contribution in [1.29, 1.82) is 5.26 Å². The molecule has 0 aromatic rings. The highest BCUT2D eigenvalue weighted by Gasteiger charge is 2.39. The van der Waals surface area contributed by atoms with Gasteiger partial charge in [-0.2, -0.15) is 30.2 Å². The molecule has 0 saturated carbocycles. The molecule has 0 aliphatic carbocycles. The average molecular weight is 224 g/mol. The molecule has 1 aliphatic rings. The third-order valence-corrected chi connectivity index (χ3v) is 3.33. The van der Waals surface area contributed by atoms with E-state index in [1.54, 1.807) is 0 Å². The predicted octanol–water partition coefficient (Wildman–Crippen LogP) is 1.64. The first-order valence-electron chi connectivity index (χ1n) is 4.29. The summed E-state index contributed by atoms with van der Waals surface area (Å²) in [6.45, 7) is 1.77. The number of hydrogen-bond donors (Lipinski definition) is 1. The second kappa shape index (κ2) is 4.89. The summed E-state index contributed by atoms with van der Waals surface area (Å²) in [7, 11) is 0. The summed E-state index contributed by atoms with van der Waals surface area (Å²) in [6.07, 6.45) is -4.38. The number of rotatable bonds is 4. The van der Waals surface area contributed by atoms with Gasteiger partial charge in [0.2, 0.25) is 0 Å². The number of nitrogens with one attached hydrogen (secondary N) is 1. The molecular formula is C8H11F3N2S. The van der Waals surface area contributed by atoms with Crippen molar-refractivity contribution < 1.29 is 13.2 Å². The third-order valence-electron chi connectivity index (χ3n) is 2.06. The summed E-state index contributed by atoms with van der Waals surface area (Å²) in [4.78, 5) is 0. The van der Waals surface area contributed by atoms with E-state index in [9.17, 15) is 13.2 Å². The van der Waals surface area contributed by atoms with Gasteiger partial charge in [0, 0.05) is 5.75 Å². The van der Waals surface area contributed by atoms with Crippen LogP contribution in [0.25, 0.3) is 0 Å². The van der Waals surface area contributed by atoms with Crippen molar-refractivity contribution in [3.8, 4) is 6.07 Å². The molecule has 0 aromatic carbocycles. The molecule has 1 saturated heterocycles. The van der Waals surface area contributed by atoms with Crippen molar-refractivity contribution >= 4 is 11.8 Å². The summed E-state index contributed by atoms with van der Waals surface area (Å²) in [6, 6.07) is 1.29. The normalized spacial score (nSPS) is 19.9. The van der Waals surface area contributed by atoms with Gasteiger partial charge in [0.25, 0.3) is 0 Å². The SMILES string of the molecule is N#CC(CSCC1CNC1)C(F)(F)F. The Labute approximate surface area is 84.9 Å². The van der Waals surface area contributed by atoms with Gasteiger partial charge in [-0.15, -0.1) is 0 Å². The molecule has 1 rings (SSSR count). The van der Waals surface area contributed by atoms with Gasteiger partial charge in [-0.1, -0.05) is 0 Å². The smallest absolute Gasteiger partial charge is 0.316 e. The maximum absolute atomic E-state index is 12.1. The van der Waals surface area contributed by atoms with Crippen LogP contribution in [0.4, 0.5) is 13.2 Å². The summed E-state index contributed by atoms with van der Waals surface area (Å²) >= 11 is 1.21. The fraction of sp³-hybridized carbons (Fsp3) is 0.875. The quantitative estimate of drug-likeness (QED) is 0.788. The maximum Gasteiger partial charge on any atom is 0.405 e. The summed E-state index contributed by atoms with van der Waals surface area (Å²) in [5.41, 5.74) is 0. The maximum atomic E-state index is 12.1. The van der Waals surface area contributed by atoms with Crippen molar-refractivity contribution in [3.63, 3.8) is 0 Å². The average Bonchev–Trinajstić information content (AvgIpc) is 1.98. The number of alkyl halides is 3. The Morgan fingerprint density at radius 3 is 2.50 bits per heavy atom. The standard InChI is InChI=1S/C8H11F3N2S/c9-8(10,11)7(1-12)5-14-4-6-2-13-3-6/h6-7,13H,2-5H2. The van der Waals surface area contributed by atoms with Gasteiger partial charge in [-0.05, 0) is 24.8 Å². The first-order chi connectivity index (χ1) is 6.54. The Balaban J connectivity index is 2.17. The molecule has 1 N–H and O–H groups in total. The van der Waals surface area contributed by atoms with Crippen molar-refractivity contribution in [1.82, 2.24) is 5.32 Å². The van der Waals surface area contributed by atoms with Crippen molar-refractivity contribution in [2.75, 3.05) is 24.6 Å². The largest absolute Gasteiger partial charge is 0.405 e. The lowest BCUT2D eigenvalue weighted by Gasteiger charge is -2.26. The molecule has 1 heterocycles. The highest BCUT2D eigenvalue weighted by atomic mass is 32.2. The van der Waals surface area contributed by atoms with Crippen LogP contribution < -0.4 is 5.32 Å². The number of nitriles is 1. The monoisotopic (exact) mass is 224 g/mol. The van der Waals surface area contributed by atoms with Gasteiger partial charge >= 0.3 is 6.18 Å². The first-order valence-corrected chi connectivity index (χ1v) is 5.44. The van der Waals surface area contributed by atoms with E-state index >= 15 is 0 Å². The molecule has 1 unspecified atom stereocenters. The highest BCUT2D eigenvalue weighted by molar-refractivity contribution is 7.99. The third kappa shape index (κ3) is 3.39. The van der Waals surface area contributed by atoms with Crippen molar-refractivity contribution in [2.45, 2.75) is 6.18 Å². The van der Waals surface area contributed by atoms with Crippen LogP contribution in [0.3, 0.4) is 0 Å². The van der Waals surface area contributed by atoms with Gasteiger partial charge in [0.05, 0.1) is 6.07 Å². The fourth-order valence-electron chi connectivity index (χ4n) is 1.02. The molecule has 2 nitrogen and oxygen atoms in total. The van der Waals surface area contributed by atoms with E-state index in [2.05, 4.69) is 5.32 Å². The van der Waals surface area contributed by atoms with Crippen molar-refractivity contribution in [3.05, 3.63) is 0 Å². The zero-order valence-electron chi connectivity index (χ0n) is 7.47. The second-order valence-corrected chi connectivity index (χ2v) is 4.36. The topological polar surface area (TPSA) is 35.8 Å². The highest BCUT2D eigenvalue weighted by Crippen LogP contribution is 2.29. The van der Waals surface area contributed by atoms with Crippen LogP contribution in [-0.2, 0) is 0 Å². The minimum atomic E-state index is -4.38. The Kier molecular flexibility index (Phi) is 4.08. The molecule has 0 amide bonds. The number of hydrogen-bond acceptors (Lipinski definition) is 3. The fourth-order valence-corrected chi connectivity index (χ4v) is 2.23. The van der Waals surface area contributed by atoms with E-state index in [0.29, 0.717) is 11.7 Å². The molecule has 1 aliphatic heterocycles. The molecule has 0 aromatic heterocycles. The van der Waals surface area contributed by atoms with E-state index in [1.807, 2.05) is 0 Å². The molecular weight excluding hydrogens is 213 g/mol. The summed E-state index contributed by atoms with van der Waals surface area (Å²) in [5.74, 6) is -0.772. The zero-order chi connectivity index (χ0) is 10.6. The van der Waals surface area contributed by atoms with Crippen LogP contribution in [0.2, 0.25) is 0 Å². The summed E-state index contributed by atoms with van der Waals surface area (Å²) < 4.78 is 36.3. The predicted molar refractivity (Wildman–Crippen MR) is 48.8 cm³/mol. The van der Waals surface area contributed by atoms with E-state index in [-0.39, 0.29) is 5.75 Å². The van der Waals surface area contributed by atoms with Crippen LogP contribution in [0.1, 0.15) is 0 Å². The minimum Gasteiger partial charge on any atom is -0.316 e. The van der Waals surface area contributed by atoms with E-state index in [0.717, 1.165) is 13.1 Å². The molecule has 1 atom stereocenters. The van der Waals surface area contributed by atoms with Crippen molar-refractivity contribution in [2.24, 2.45) is 11.8 Å². The van der Waals surface area contributed by atoms with Crippen LogP contribution in [0, 0.1) is 23.2 Å². The van der Waals surface area contributed by atoms with E-state index in [1.165, 1.54) is 17.8 Å². The van der Waals surface area contributed by atoms with Gasteiger partial charge in [-0.3, -0.25) is 0 Å². The second-order valence-electron chi connectivity index (χ2n) is 3.29. The Morgan fingerprint density at radius 2 is 2.14 bits per heavy atom. The molecule has 6 heteroatoms. The molecule has 14 heavy (non-hydrogen) atoms. The van der Waals surface area contributed by atoms with Crippen LogP contribution in [-0.4, -0.2) is 30.8 Å². The van der Waals surface area contributed by atoms with Gasteiger partial charge in [0.15, 0.2) is 5.92 Å². The van der Waals surface area contributed by atoms with Crippen LogP contribution in [0.15, 0.2) is 0 Å². The molecule has 0 spiro atoms. The Bertz CT molecular complexity index is 220. The number of thioether (sulfide) groups is 1. The number of halogens is 3. The van der Waals surface area contributed by atoms with Gasteiger partial charge in [0.1, 0.15) is 0 Å². The lowest BCUT2D eigenvalue weighted by molar-refractivity contribution is -0.152. The molecule has 80 valence electrons. The van der Waals surface area contributed by atoms with Crippen LogP contribution in [0.5, 0.6) is 0 Å². The lowest BCUT2D eigenvalue weighted by Crippen LogP contribution is -2.43. The minimum absolute atomic E-state index is 0.142. The molecule has 0 bridgehead atoms. The zero-order valence-corrected chi connectivity index (χ0v) is 8.29. The Morgan fingerprint density at radius 1 is 1.50 bits per heavy atom. The van der Waals surface area contributed by atoms with E-state index in [4.69, 9.17) is 5.26 Å². The van der Waals surface area contributed by atoms with Gasteiger partial charge < -0.3 is 5.32 Å². The number of nitrogens with zero attached hydrogens (tertiary/aromatic N) is 1. The first kappa shape index (κ1) is 11.7. The van der Waals surface area contributed by atoms with Crippen LogP contribution >= 0.6 is 11.8 Å². The summed E-state index contributed by atoms with van der Waals surface area (Å²) in [5, 5.41) is 11.3. The lowest BCUT2D eigenvalue weighted by atomic mass is 10.1. The van der Waals surface area contributed by atoms with Gasteiger partial charge in [-0.25, -0.2) is 0 Å². The molecule has 0 radical (unpaired) electrons. The van der Waals surface area contributed by atoms with E-state index < -0.39 is 12.1 Å². The molecule has 1 fully saturated rings. The Hall–Kier alpha value is -0.410.